The van der Waals surface area contributed by atoms with Gasteiger partial charge in [-0.1, -0.05) is 11.6 Å². The van der Waals surface area contributed by atoms with Crippen molar-refractivity contribution in [3.63, 3.8) is 0 Å². The van der Waals surface area contributed by atoms with E-state index in [1.165, 1.54) is 18.3 Å². The van der Waals surface area contributed by atoms with Crippen LogP contribution >= 0.6 is 23.2 Å². The number of hydrogen-bond acceptors (Lipinski definition) is 3. The number of aromatic nitrogens is 1. The Balaban J connectivity index is 3.11. The molecule has 0 saturated heterocycles. The summed E-state index contributed by atoms with van der Waals surface area (Å²) in [7, 11) is -3.41. The third-order valence-electron chi connectivity index (χ3n) is 1.74. The van der Waals surface area contributed by atoms with Gasteiger partial charge in [0.15, 0.2) is 14.9 Å². The number of pyridine rings is 1. The Morgan fingerprint density at radius 1 is 1.50 bits per heavy atom. The molecular formula is C8H9Cl2NO2S. The Morgan fingerprint density at radius 3 is 2.57 bits per heavy atom. The summed E-state index contributed by atoms with van der Waals surface area (Å²) in [6, 6.07) is 2.86. The lowest BCUT2D eigenvalue weighted by molar-refractivity contribution is 0.584. The van der Waals surface area contributed by atoms with Gasteiger partial charge < -0.3 is 0 Å². The second-order valence-electron chi connectivity index (χ2n) is 2.82. The first-order valence-electron chi connectivity index (χ1n) is 3.90. The average molecular weight is 254 g/mol. The highest BCUT2D eigenvalue weighted by molar-refractivity contribution is 7.92. The Bertz CT molecular complexity index is 402. The van der Waals surface area contributed by atoms with Crippen molar-refractivity contribution >= 4 is 33.0 Å². The normalized spacial score (nSPS) is 13.9. The number of nitrogens with zero attached hydrogens (tertiary/aromatic N) is 1. The topological polar surface area (TPSA) is 47.0 Å². The van der Waals surface area contributed by atoms with E-state index in [4.69, 9.17) is 23.2 Å². The van der Waals surface area contributed by atoms with Crippen LogP contribution in [0.5, 0.6) is 0 Å². The van der Waals surface area contributed by atoms with Crippen molar-refractivity contribution in [1.82, 2.24) is 4.98 Å². The van der Waals surface area contributed by atoms with Gasteiger partial charge in [-0.15, -0.1) is 11.6 Å². The molecule has 0 spiro atoms. The molecule has 0 N–H and O–H groups in total. The van der Waals surface area contributed by atoms with Crippen LogP contribution in [0.4, 0.5) is 0 Å². The van der Waals surface area contributed by atoms with Crippen molar-refractivity contribution in [2.24, 2.45) is 0 Å². The number of hydrogen-bond donors (Lipinski definition) is 0. The molecule has 1 rings (SSSR count). The quantitative estimate of drug-likeness (QED) is 0.776. The minimum absolute atomic E-state index is 0.00931. The molecule has 1 heterocycles. The molecule has 0 fully saturated rings. The largest absolute Gasteiger partial charge is 0.243 e. The van der Waals surface area contributed by atoms with E-state index in [1.54, 1.807) is 6.92 Å². The summed E-state index contributed by atoms with van der Waals surface area (Å²) in [5.41, 5.74) is 0. The van der Waals surface area contributed by atoms with E-state index >= 15 is 0 Å². The molecule has 0 aliphatic carbocycles. The maximum absolute atomic E-state index is 11.7. The van der Waals surface area contributed by atoms with Crippen molar-refractivity contribution in [1.29, 1.82) is 0 Å². The smallest absolute Gasteiger partial charge is 0.199 e. The highest BCUT2D eigenvalue weighted by atomic mass is 35.5. The number of rotatable bonds is 3. The van der Waals surface area contributed by atoms with E-state index in [0.29, 0.717) is 5.02 Å². The molecule has 0 saturated carbocycles. The van der Waals surface area contributed by atoms with E-state index in [1.807, 2.05) is 0 Å². The summed E-state index contributed by atoms with van der Waals surface area (Å²) >= 11 is 11.1. The van der Waals surface area contributed by atoms with Crippen LogP contribution in [0.15, 0.2) is 23.4 Å². The molecule has 14 heavy (non-hydrogen) atoms. The summed E-state index contributed by atoms with van der Waals surface area (Å²) in [6.45, 7) is 1.54. The lowest BCUT2D eigenvalue weighted by Crippen LogP contribution is -2.20. The van der Waals surface area contributed by atoms with Gasteiger partial charge in [-0.2, -0.15) is 0 Å². The van der Waals surface area contributed by atoms with Crippen molar-refractivity contribution in [2.45, 2.75) is 17.2 Å². The fourth-order valence-corrected chi connectivity index (χ4v) is 2.46. The van der Waals surface area contributed by atoms with Gasteiger partial charge in [0.2, 0.25) is 0 Å². The second kappa shape index (κ2) is 4.47. The van der Waals surface area contributed by atoms with E-state index in [0.717, 1.165) is 0 Å². The minimum Gasteiger partial charge on any atom is -0.243 e. The average Bonchev–Trinajstić information content (AvgIpc) is 2.17. The molecular weight excluding hydrogens is 245 g/mol. The van der Waals surface area contributed by atoms with Gasteiger partial charge in [-0.3, -0.25) is 0 Å². The van der Waals surface area contributed by atoms with Crippen molar-refractivity contribution in [3.05, 3.63) is 23.4 Å². The van der Waals surface area contributed by atoms with Crippen LogP contribution in [0.3, 0.4) is 0 Å². The minimum atomic E-state index is -3.41. The lowest BCUT2D eigenvalue weighted by Gasteiger charge is -2.08. The molecule has 1 aromatic heterocycles. The van der Waals surface area contributed by atoms with E-state index in [9.17, 15) is 8.42 Å². The second-order valence-corrected chi connectivity index (χ2v) is 5.88. The molecule has 0 amide bonds. The van der Waals surface area contributed by atoms with Gasteiger partial charge in [0.05, 0.1) is 10.3 Å². The Hall–Kier alpha value is -0.320. The van der Waals surface area contributed by atoms with Crippen molar-refractivity contribution in [2.75, 3.05) is 5.88 Å². The summed E-state index contributed by atoms with van der Waals surface area (Å²) in [5.74, 6) is 0.0483. The van der Waals surface area contributed by atoms with Crippen LogP contribution < -0.4 is 0 Å². The molecule has 0 aromatic carbocycles. The fraction of sp³-hybridized carbons (Fsp3) is 0.375. The van der Waals surface area contributed by atoms with Crippen LogP contribution in [0.2, 0.25) is 5.02 Å². The van der Waals surface area contributed by atoms with Gasteiger partial charge in [-0.25, -0.2) is 13.4 Å². The van der Waals surface area contributed by atoms with Crippen LogP contribution in [0.25, 0.3) is 0 Å². The van der Waals surface area contributed by atoms with Gasteiger partial charge in [0.25, 0.3) is 0 Å². The first-order chi connectivity index (χ1) is 6.48. The van der Waals surface area contributed by atoms with Crippen molar-refractivity contribution < 1.29 is 8.42 Å². The zero-order valence-electron chi connectivity index (χ0n) is 7.44. The number of alkyl halides is 1. The molecule has 3 nitrogen and oxygen atoms in total. The maximum atomic E-state index is 11.7. The number of halogens is 2. The van der Waals surface area contributed by atoms with Gasteiger partial charge >= 0.3 is 0 Å². The maximum Gasteiger partial charge on any atom is 0.199 e. The SMILES string of the molecule is CC(CCl)S(=O)(=O)c1ccc(Cl)cn1. The number of sulfone groups is 1. The summed E-state index contributed by atoms with van der Waals surface area (Å²) in [4.78, 5) is 3.74. The molecule has 0 bridgehead atoms. The van der Waals surface area contributed by atoms with Gasteiger partial charge in [0, 0.05) is 12.1 Å². The van der Waals surface area contributed by atoms with Crippen LogP contribution in [0.1, 0.15) is 6.92 Å². The van der Waals surface area contributed by atoms with E-state index in [2.05, 4.69) is 4.98 Å². The van der Waals surface area contributed by atoms with Crippen LogP contribution in [-0.4, -0.2) is 24.5 Å². The lowest BCUT2D eigenvalue weighted by atomic mass is 10.5. The Morgan fingerprint density at radius 2 is 2.14 bits per heavy atom. The standard InChI is InChI=1S/C8H9Cl2NO2S/c1-6(4-9)14(12,13)8-3-2-7(10)5-11-8/h2-3,5-6H,4H2,1H3. The zero-order chi connectivity index (χ0) is 10.8. The third-order valence-corrected chi connectivity index (χ3v) is 4.66. The predicted molar refractivity (Wildman–Crippen MR) is 56.6 cm³/mol. The summed E-state index contributed by atoms with van der Waals surface area (Å²) in [6.07, 6.45) is 1.30. The van der Waals surface area contributed by atoms with Crippen LogP contribution in [-0.2, 0) is 9.84 Å². The predicted octanol–water partition coefficient (Wildman–Crippen LogP) is 2.14. The first-order valence-corrected chi connectivity index (χ1v) is 6.35. The molecule has 78 valence electrons. The Labute approximate surface area is 93.0 Å². The summed E-state index contributed by atoms with van der Waals surface area (Å²) in [5, 5.41) is -0.227. The molecule has 6 heteroatoms. The monoisotopic (exact) mass is 253 g/mol. The molecule has 0 aliphatic heterocycles. The highest BCUT2D eigenvalue weighted by Crippen LogP contribution is 2.16. The molecule has 1 atom stereocenters. The molecule has 0 aliphatic rings. The van der Waals surface area contributed by atoms with Crippen molar-refractivity contribution in [3.8, 4) is 0 Å². The molecule has 1 aromatic rings. The first kappa shape index (κ1) is 11.8. The van der Waals surface area contributed by atoms with Gasteiger partial charge in [-0.05, 0) is 19.1 Å². The van der Waals surface area contributed by atoms with E-state index in [-0.39, 0.29) is 10.9 Å². The van der Waals surface area contributed by atoms with Crippen LogP contribution in [0, 0.1) is 0 Å². The molecule has 1 unspecified atom stereocenters. The molecule has 0 radical (unpaired) electrons. The van der Waals surface area contributed by atoms with Gasteiger partial charge in [0.1, 0.15) is 0 Å². The van der Waals surface area contributed by atoms with E-state index < -0.39 is 15.1 Å². The Kier molecular flexibility index (Phi) is 3.75. The summed E-state index contributed by atoms with van der Waals surface area (Å²) < 4.78 is 23.4. The highest BCUT2D eigenvalue weighted by Gasteiger charge is 2.23. The zero-order valence-corrected chi connectivity index (χ0v) is 9.77. The fourth-order valence-electron chi connectivity index (χ4n) is 0.820. The third kappa shape index (κ3) is 2.38.